The Morgan fingerprint density at radius 1 is 1.11 bits per heavy atom. The standard InChI is InChI=1S/C17H19NO/c1-19-16-8-6-13(7-9-16)11-18-12-15-10-14-4-2-3-5-17(14)15/h2-9,15,18H,10-12H2,1H3. The van der Waals surface area contributed by atoms with E-state index < -0.39 is 0 Å². The van der Waals surface area contributed by atoms with E-state index in [0.29, 0.717) is 5.92 Å². The highest BCUT2D eigenvalue weighted by Crippen LogP contribution is 2.33. The molecule has 2 heteroatoms. The highest BCUT2D eigenvalue weighted by atomic mass is 16.5. The van der Waals surface area contributed by atoms with Crippen LogP contribution in [0.15, 0.2) is 48.5 Å². The number of methoxy groups -OCH3 is 1. The topological polar surface area (TPSA) is 21.3 Å². The zero-order valence-corrected chi connectivity index (χ0v) is 11.2. The van der Waals surface area contributed by atoms with E-state index in [1.807, 2.05) is 12.1 Å². The summed E-state index contributed by atoms with van der Waals surface area (Å²) in [5.41, 5.74) is 4.33. The molecule has 0 radical (unpaired) electrons. The molecule has 1 N–H and O–H groups in total. The second-order valence-electron chi connectivity index (χ2n) is 5.08. The van der Waals surface area contributed by atoms with Crippen LogP contribution in [0.25, 0.3) is 0 Å². The quantitative estimate of drug-likeness (QED) is 0.884. The van der Waals surface area contributed by atoms with Crippen molar-refractivity contribution in [3.8, 4) is 5.75 Å². The van der Waals surface area contributed by atoms with E-state index in [9.17, 15) is 0 Å². The van der Waals surface area contributed by atoms with Crippen molar-refractivity contribution >= 4 is 0 Å². The molecule has 1 atom stereocenters. The van der Waals surface area contributed by atoms with Crippen LogP contribution in [-0.4, -0.2) is 13.7 Å². The lowest BCUT2D eigenvalue weighted by Gasteiger charge is -2.30. The van der Waals surface area contributed by atoms with Crippen LogP contribution >= 0.6 is 0 Å². The molecule has 0 fully saturated rings. The summed E-state index contributed by atoms with van der Waals surface area (Å²) in [7, 11) is 1.70. The lowest BCUT2D eigenvalue weighted by atomic mass is 9.77. The van der Waals surface area contributed by atoms with E-state index in [4.69, 9.17) is 4.74 Å². The average Bonchev–Trinajstić information content (AvgIpc) is 2.44. The van der Waals surface area contributed by atoms with Gasteiger partial charge in [-0.1, -0.05) is 36.4 Å². The first-order chi connectivity index (χ1) is 9.36. The molecule has 0 aromatic heterocycles. The molecule has 2 aromatic rings. The summed E-state index contributed by atoms with van der Waals surface area (Å²) in [4.78, 5) is 0. The first-order valence-corrected chi connectivity index (χ1v) is 6.78. The highest BCUT2D eigenvalue weighted by Gasteiger charge is 2.24. The molecule has 0 bridgehead atoms. The summed E-state index contributed by atoms with van der Waals surface area (Å²) < 4.78 is 5.16. The molecule has 2 nitrogen and oxygen atoms in total. The molecule has 1 aliphatic carbocycles. The van der Waals surface area contributed by atoms with Crippen LogP contribution in [-0.2, 0) is 13.0 Å². The molecule has 1 unspecified atom stereocenters. The number of nitrogens with one attached hydrogen (secondary N) is 1. The summed E-state index contributed by atoms with van der Waals surface area (Å²) in [5, 5.41) is 3.54. The van der Waals surface area contributed by atoms with Crippen LogP contribution in [0.3, 0.4) is 0 Å². The van der Waals surface area contributed by atoms with Gasteiger partial charge >= 0.3 is 0 Å². The Kier molecular flexibility index (Phi) is 3.51. The van der Waals surface area contributed by atoms with Gasteiger partial charge in [-0.15, -0.1) is 0 Å². The summed E-state index contributed by atoms with van der Waals surface area (Å²) in [6.07, 6.45) is 1.21. The SMILES string of the molecule is COc1ccc(CNCC2Cc3ccccc32)cc1. The minimum Gasteiger partial charge on any atom is -0.497 e. The van der Waals surface area contributed by atoms with Crippen LogP contribution in [0.4, 0.5) is 0 Å². The summed E-state index contributed by atoms with van der Waals surface area (Å²) in [6.45, 7) is 1.98. The maximum absolute atomic E-state index is 5.16. The monoisotopic (exact) mass is 253 g/mol. The third-order valence-corrected chi connectivity index (χ3v) is 3.84. The first kappa shape index (κ1) is 12.2. The Labute approximate surface area is 114 Å². The van der Waals surface area contributed by atoms with Gasteiger partial charge in [-0.25, -0.2) is 0 Å². The van der Waals surface area contributed by atoms with Crippen LogP contribution in [0.2, 0.25) is 0 Å². The van der Waals surface area contributed by atoms with E-state index in [1.54, 1.807) is 7.11 Å². The zero-order valence-electron chi connectivity index (χ0n) is 11.2. The van der Waals surface area contributed by atoms with Crippen molar-refractivity contribution < 1.29 is 4.74 Å². The Balaban J connectivity index is 1.49. The van der Waals surface area contributed by atoms with Gasteiger partial charge in [0.2, 0.25) is 0 Å². The minimum atomic E-state index is 0.689. The lowest BCUT2D eigenvalue weighted by Crippen LogP contribution is -2.28. The molecule has 0 saturated carbocycles. The van der Waals surface area contributed by atoms with Crippen LogP contribution < -0.4 is 10.1 Å². The van der Waals surface area contributed by atoms with Gasteiger partial charge in [0.1, 0.15) is 5.75 Å². The molecule has 0 aliphatic heterocycles. The number of rotatable bonds is 5. The van der Waals surface area contributed by atoms with E-state index in [-0.39, 0.29) is 0 Å². The fraction of sp³-hybridized carbons (Fsp3) is 0.294. The van der Waals surface area contributed by atoms with Crippen molar-refractivity contribution in [1.82, 2.24) is 5.32 Å². The predicted octanol–water partition coefficient (Wildman–Crippen LogP) is 3.12. The smallest absolute Gasteiger partial charge is 0.118 e. The third kappa shape index (κ3) is 2.64. The molecular weight excluding hydrogens is 234 g/mol. The van der Waals surface area contributed by atoms with Crippen LogP contribution in [0.5, 0.6) is 5.75 Å². The van der Waals surface area contributed by atoms with E-state index in [2.05, 4.69) is 41.7 Å². The second kappa shape index (κ2) is 5.45. The number of fused-ring (bicyclic) bond motifs is 1. The van der Waals surface area contributed by atoms with Gasteiger partial charge in [0.25, 0.3) is 0 Å². The van der Waals surface area contributed by atoms with E-state index in [0.717, 1.165) is 18.8 Å². The van der Waals surface area contributed by atoms with Crippen LogP contribution in [0, 0.1) is 0 Å². The van der Waals surface area contributed by atoms with Gasteiger partial charge in [0, 0.05) is 19.0 Å². The number of ether oxygens (including phenoxy) is 1. The van der Waals surface area contributed by atoms with E-state index in [1.165, 1.54) is 23.1 Å². The molecule has 0 spiro atoms. The Morgan fingerprint density at radius 2 is 1.89 bits per heavy atom. The normalized spacial score (nSPS) is 16.6. The Hall–Kier alpha value is -1.80. The highest BCUT2D eigenvalue weighted by molar-refractivity contribution is 5.40. The van der Waals surface area contributed by atoms with Crippen molar-refractivity contribution in [2.24, 2.45) is 0 Å². The minimum absolute atomic E-state index is 0.689. The van der Waals surface area contributed by atoms with Gasteiger partial charge in [-0.3, -0.25) is 0 Å². The lowest BCUT2D eigenvalue weighted by molar-refractivity contribution is 0.414. The molecule has 98 valence electrons. The van der Waals surface area contributed by atoms with Crippen LogP contribution in [0.1, 0.15) is 22.6 Å². The fourth-order valence-electron chi connectivity index (χ4n) is 2.68. The fourth-order valence-corrected chi connectivity index (χ4v) is 2.68. The maximum atomic E-state index is 5.16. The average molecular weight is 253 g/mol. The van der Waals surface area contributed by atoms with Crippen molar-refractivity contribution in [3.05, 3.63) is 65.2 Å². The summed E-state index contributed by atoms with van der Waals surface area (Å²) in [5.74, 6) is 1.60. The largest absolute Gasteiger partial charge is 0.497 e. The molecule has 2 aromatic carbocycles. The molecule has 19 heavy (non-hydrogen) atoms. The Bertz CT molecular complexity index is 547. The molecule has 1 aliphatic rings. The molecule has 0 amide bonds. The zero-order chi connectivity index (χ0) is 13.1. The third-order valence-electron chi connectivity index (χ3n) is 3.84. The van der Waals surface area contributed by atoms with Crippen molar-refractivity contribution in [1.29, 1.82) is 0 Å². The number of benzene rings is 2. The maximum Gasteiger partial charge on any atom is 0.118 e. The molecule has 0 saturated heterocycles. The summed E-state index contributed by atoms with van der Waals surface area (Å²) >= 11 is 0. The van der Waals surface area contributed by atoms with Gasteiger partial charge < -0.3 is 10.1 Å². The number of hydrogen-bond acceptors (Lipinski definition) is 2. The molecule has 3 rings (SSSR count). The van der Waals surface area contributed by atoms with Gasteiger partial charge in [-0.05, 0) is 35.2 Å². The van der Waals surface area contributed by atoms with Gasteiger partial charge in [0.05, 0.1) is 7.11 Å². The van der Waals surface area contributed by atoms with Crippen molar-refractivity contribution in [3.63, 3.8) is 0 Å². The van der Waals surface area contributed by atoms with Crippen molar-refractivity contribution in [2.45, 2.75) is 18.9 Å². The second-order valence-corrected chi connectivity index (χ2v) is 5.08. The number of hydrogen-bond donors (Lipinski definition) is 1. The van der Waals surface area contributed by atoms with Crippen molar-refractivity contribution in [2.75, 3.05) is 13.7 Å². The Morgan fingerprint density at radius 3 is 2.63 bits per heavy atom. The first-order valence-electron chi connectivity index (χ1n) is 6.78. The molecule has 0 heterocycles. The summed E-state index contributed by atoms with van der Waals surface area (Å²) in [6, 6.07) is 17.0. The van der Waals surface area contributed by atoms with Gasteiger partial charge in [-0.2, -0.15) is 0 Å². The predicted molar refractivity (Wildman–Crippen MR) is 77.6 cm³/mol. The molecular formula is C17H19NO. The van der Waals surface area contributed by atoms with E-state index >= 15 is 0 Å². The van der Waals surface area contributed by atoms with Gasteiger partial charge in [0.15, 0.2) is 0 Å².